The number of benzene rings is 2. The molecule has 0 unspecified atom stereocenters. The molecule has 0 aliphatic carbocycles. The van der Waals surface area contributed by atoms with Crippen molar-refractivity contribution in [2.75, 3.05) is 6.61 Å². The Hall–Kier alpha value is -1.49. The van der Waals surface area contributed by atoms with E-state index in [4.69, 9.17) is 32.7 Å². The van der Waals surface area contributed by atoms with Gasteiger partial charge in [0.15, 0.2) is 11.5 Å². The second kappa shape index (κ2) is 10.0. The molecule has 0 amide bonds. The summed E-state index contributed by atoms with van der Waals surface area (Å²) in [5, 5.41) is 4.21. The lowest BCUT2D eigenvalue weighted by molar-refractivity contribution is 0.269. The van der Waals surface area contributed by atoms with Gasteiger partial charge in [0, 0.05) is 18.2 Å². The molecule has 1 N–H and O–H groups in total. The van der Waals surface area contributed by atoms with Crippen LogP contribution in [0.1, 0.15) is 38.3 Å². The van der Waals surface area contributed by atoms with Crippen molar-refractivity contribution in [2.45, 2.75) is 46.4 Å². The monoisotopic (exact) mass is 399 g/mol. The van der Waals surface area contributed by atoms with E-state index in [2.05, 4.69) is 19.2 Å². The molecule has 0 aromatic heterocycles. The highest BCUT2D eigenvalue weighted by molar-refractivity contribution is 6.32. The Labute approximate surface area is 164 Å². The molecule has 0 aliphatic rings. The van der Waals surface area contributed by atoms with Crippen LogP contribution in [0.25, 0.3) is 0 Å². The van der Waals surface area contributed by atoms with Crippen LogP contribution < -0.4 is 14.8 Å². The largest absolute Gasteiger partial charge is 0.490 e. The molecule has 1 atom stereocenters. The van der Waals surface area contributed by atoms with E-state index in [1.54, 1.807) is 6.07 Å². The molecular weight excluding hydrogens is 376 g/mol. The molecular formula is C20H24Cl2FNO2. The summed E-state index contributed by atoms with van der Waals surface area (Å²) in [7, 11) is 0. The zero-order valence-corrected chi connectivity index (χ0v) is 16.8. The summed E-state index contributed by atoms with van der Waals surface area (Å²) in [6.45, 7) is 7.52. The maximum atomic E-state index is 13.2. The lowest BCUT2D eigenvalue weighted by Gasteiger charge is -2.17. The van der Waals surface area contributed by atoms with Gasteiger partial charge in [0.05, 0.1) is 16.7 Å². The van der Waals surface area contributed by atoms with Gasteiger partial charge in [-0.1, -0.05) is 36.2 Å². The Morgan fingerprint density at radius 3 is 2.50 bits per heavy atom. The topological polar surface area (TPSA) is 30.5 Å². The van der Waals surface area contributed by atoms with Crippen molar-refractivity contribution < 1.29 is 13.9 Å². The maximum absolute atomic E-state index is 13.2. The summed E-state index contributed by atoms with van der Waals surface area (Å²) in [6, 6.07) is 8.40. The number of ether oxygens (including phenoxy) is 2. The van der Waals surface area contributed by atoms with Gasteiger partial charge in [-0.3, -0.25) is 0 Å². The van der Waals surface area contributed by atoms with E-state index in [0.29, 0.717) is 46.3 Å². The van der Waals surface area contributed by atoms with Crippen molar-refractivity contribution in [3.05, 3.63) is 57.3 Å². The molecule has 0 saturated carbocycles. The molecule has 142 valence electrons. The predicted molar refractivity (Wildman–Crippen MR) is 105 cm³/mol. The van der Waals surface area contributed by atoms with Crippen molar-refractivity contribution in [1.29, 1.82) is 0 Å². The number of rotatable bonds is 9. The second-order valence-electron chi connectivity index (χ2n) is 6.05. The molecule has 0 heterocycles. The summed E-state index contributed by atoms with van der Waals surface area (Å²) < 4.78 is 24.7. The van der Waals surface area contributed by atoms with Gasteiger partial charge in [-0.15, -0.1) is 0 Å². The van der Waals surface area contributed by atoms with E-state index in [-0.39, 0.29) is 12.4 Å². The standard InChI is InChI=1S/C20H24Cl2FNO2/c1-4-13(3)24-11-14-8-18(22)20(19(9-14)25-5-2)26-12-15-6-7-16(23)10-17(15)21/h6-10,13,24H,4-5,11-12H2,1-3H3/t13-/m1/s1. The van der Waals surface area contributed by atoms with E-state index in [1.807, 2.05) is 19.1 Å². The lowest BCUT2D eigenvalue weighted by atomic mass is 10.1. The first-order valence-corrected chi connectivity index (χ1v) is 9.45. The van der Waals surface area contributed by atoms with Crippen molar-refractivity contribution in [1.82, 2.24) is 5.32 Å². The Balaban J connectivity index is 2.18. The fourth-order valence-electron chi connectivity index (χ4n) is 2.35. The Kier molecular flexibility index (Phi) is 8.01. The molecule has 0 saturated heterocycles. The number of nitrogens with one attached hydrogen (secondary N) is 1. The highest BCUT2D eigenvalue weighted by Gasteiger charge is 2.14. The van der Waals surface area contributed by atoms with E-state index < -0.39 is 0 Å². The minimum absolute atomic E-state index is 0.170. The molecule has 2 aromatic rings. The van der Waals surface area contributed by atoms with Gasteiger partial charge in [0.2, 0.25) is 0 Å². The van der Waals surface area contributed by atoms with Crippen molar-refractivity contribution in [3.63, 3.8) is 0 Å². The molecule has 0 fully saturated rings. The predicted octanol–water partition coefficient (Wildman–Crippen LogP) is 6.00. The zero-order valence-electron chi connectivity index (χ0n) is 15.2. The van der Waals surface area contributed by atoms with Crippen LogP contribution in [0.3, 0.4) is 0 Å². The quantitative estimate of drug-likeness (QED) is 0.560. The first-order chi connectivity index (χ1) is 12.4. The summed E-state index contributed by atoms with van der Waals surface area (Å²) in [4.78, 5) is 0. The first-order valence-electron chi connectivity index (χ1n) is 8.69. The number of hydrogen-bond donors (Lipinski definition) is 1. The zero-order chi connectivity index (χ0) is 19.1. The Morgan fingerprint density at radius 2 is 1.85 bits per heavy atom. The van der Waals surface area contributed by atoms with Crippen LogP contribution >= 0.6 is 23.2 Å². The van der Waals surface area contributed by atoms with Crippen LogP contribution in [-0.2, 0) is 13.2 Å². The Bertz CT molecular complexity index is 740. The maximum Gasteiger partial charge on any atom is 0.180 e. The van der Waals surface area contributed by atoms with Crippen molar-refractivity contribution in [2.24, 2.45) is 0 Å². The van der Waals surface area contributed by atoms with E-state index >= 15 is 0 Å². The van der Waals surface area contributed by atoms with Gasteiger partial charge >= 0.3 is 0 Å². The SMILES string of the molecule is CCOc1cc(CN[C@H](C)CC)cc(Cl)c1OCc1ccc(F)cc1Cl. The minimum Gasteiger partial charge on any atom is -0.490 e. The lowest BCUT2D eigenvalue weighted by Crippen LogP contribution is -2.24. The molecule has 0 spiro atoms. The number of halogens is 3. The first kappa shape index (κ1) is 20.8. The minimum atomic E-state index is -0.384. The smallest absolute Gasteiger partial charge is 0.180 e. The van der Waals surface area contributed by atoms with E-state index in [0.717, 1.165) is 12.0 Å². The van der Waals surface area contributed by atoms with Crippen LogP contribution in [0, 0.1) is 5.82 Å². The van der Waals surface area contributed by atoms with Crippen molar-refractivity contribution >= 4 is 23.2 Å². The summed E-state index contributed by atoms with van der Waals surface area (Å²) in [5.74, 6) is 0.658. The molecule has 0 radical (unpaired) electrons. The van der Waals surface area contributed by atoms with E-state index in [9.17, 15) is 4.39 Å². The number of hydrogen-bond acceptors (Lipinski definition) is 3. The van der Waals surface area contributed by atoms with Gasteiger partial charge in [0.1, 0.15) is 12.4 Å². The van der Waals surface area contributed by atoms with Gasteiger partial charge < -0.3 is 14.8 Å². The summed E-state index contributed by atoms with van der Waals surface area (Å²) >= 11 is 12.5. The van der Waals surface area contributed by atoms with Crippen LogP contribution in [-0.4, -0.2) is 12.6 Å². The van der Waals surface area contributed by atoms with E-state index in [1.165, 1.54) is 12.1 Å². The summed E-state index contributed by atoms with van der Waals surface area (Å²) in [5.41, 5.74) is 1.69. The normalized spacial score (nSPS) is 12.1. The second-order valence-corrected chi connectivity index (χ2v) is 6.87. The third-order valence-electron chi connectivity index (χ3n) is 4.02. The molecule has 2 rings (SSSR count). The molecule has 6 heteroatoms. The fourth-order valence-corrected chi connectivity index (χ4v) is 2.86. The van der Waals surface area contributed by atoms with Gasteiger partial charge in [0.25, 0.3) is 0 Å². The average molecular weight is 400 g/mol. The summed E-state index contributed by atoms with van der Waals surface area (Å²) in [6.07, 6.45) is 1.05. The highest BCUT2D eigenvalue weighted by atomic mass is 35.5. The van der Waals surface area contributed by atoms with Crippen LogP contribution in [0.2, 0.25) is 10.0 Å². The van der Waals surface area contributed by atoms with Gasteiger partial charge in [-0.25, -0.2) is 4.39 Å². The van der Waals surface area contributed by atoms with Crippen LogP contribution in [0.5, 0.6) is 11.5 Å². The molecule has 0 aliphatic heterocycles. The van der Waals surface area contributed by atoms with Gasteiger partial charge in [-0.2, -0.15) is 0 Å². The molecule has 26 heavy (non-hydrogen) atoms. The Morgan fingerprint density at radius 1 is 1.08 bits per heavy atom. The molecule has 0 bridgehead atoms. The van der Waals surface area contributed by atoms with Crippen LogP contribution in [0.4, 0.5) is 4.39 Å². The fraction of sp³-hybridized carbons (Fsp3) is 0.400. The van der Waals surface area contributed by atoms with Crippen LogP contribution in [0.15, 0.2) is 30.3 Å². The van der Waals surface area contributed by atoms with Gasteiger partial charge in [-0.05, 0) is 50.1 Å². The van der Waals surface area contributed by atoms with Crippen molar-refractivity contribution in [3.8, 4) is 11.5 Å². The third kappa shape index (κ3) is 5.76. The molecule has 3 nitrogen and oxygen atoms in total. The average Bonchev–Trinajstić information content (AvgIpc) is 2.60. The highest BCUT2D eigenvalue weighted by Crippen LogP contribution is 2.37. The third-order valence-corrected chi connectivity index (χ3v) is 4.66. The molecule has 2 aromatic carbocycles.